The Hall–Kier alpha value is -2.49. The van der Waals surface area contributed by atoms with E-state index in [1.807, 2.05) is 75.3 Å². The Balaban J connectivity index is 1.90. The number of nitrogens with one attached hydrogen (secondary N) is 1. The largest absolute Gasteiger partial charge is 0.481 e. The Morgan fingerprint density at radius 3 is 2.42 bits per heavy atom. The molecule has 2 rings (SSSR count). The molecule has 0 heterocycles. The predicted molar refractivity (Wildman–Crippen MR) is 98.6 cm³/mol. The maximum Gasteiger partial charge on any atom is 0.261 e. The first-order valence-electron chi connectivity index (χ1n) is 8.15. The van der Waals surface area contributed by atoms with E-state index in [0.29, 0.717) is 6.54 Å². The van der Waals surface area contributed by atoms with Crippen molar-refractivity contribution in [1.82, 2.24) is 5.32 Å². The maximum absolute atomic E-state index is 12.2. The minimum absolute atomic E-state index is 0.118. The number of anilines is 1. The smallest absolute Gasteiger partial charge is 0.261 e. The number of nitrogens with zero attached hydrogens (tertiary/aromatic N) is 1. The van der Waals surface area contributed by atoms with Gasteiger partial charge in [0.25, 0.3) is 5.91 Å². The summed E-state index contributed by atoms with van der Waals surface area (Å²) >= 11 is 0. The van der Waals surface area contributed by atoms with E-state index in [1.54, 1.807) is 6.92 Å². The van der Waals surface area contributed by atoms with E-state index >= 15 is 0 Å². The van der Waals surface area contributed by atoms with Crippen molar-refractivity contribution in [2.45, 2.75) is 33.4 Å². The molecular formula is C20H26N2O2. The van der Waals surface area contributed by atoms with Gasteiger partial charge < -0.3 is 15.0 Å². The minimum Gasteiger partial charge on any atom is -0.481 e. The normalized spacial score (nSPS) is 11.7. The van der Waals surface area contributed by atoms with E-state index in [1.165, 1.54) is 0 Å². The second kappa shape index (κ2) is 7.86. The number of rotatable bonds is 6. The summed E-state index contributed by atoms with van der Waals surface area (Å²) in [5, 5.41) is 2.92. The highest BCUT2D eigenvalue weighted by Gasteiger charge is 2.15. The van der Waals surface area contributed by atoms with Gasteiger partial charge in [-0.3, -0.25) is 4.79 Å². The van der Waals surface area contributed by atoms with Crippen LogP contribution in [0.5, 0.6) is 5.75 Å². The lowest BCUT2D eigenvalue weighted by molar-refractivity contribution is -0.127. The number of benzene rings is 2. The first-order valence-corrected chi connectivity index (χ1v) is 8.15. The van der Waals surface area contributed by atoms with Crippen molar-refractivity contribution in [2.24, 2.45) is 0 Å². The quantitative estimate of drug-likeness (QED) is 0.884. The number of amides is 1. The molecule has 0 aliphatic heterocycles. The van der Waals surface area contributed by atoms with Gasteiger partial charge >= 0.3 is 0 Å². The van der Waals surface area contributed by atoms with Crippen LogP contribution in [0.4, 0.5) is 5.69 Å². The van der Waals surface area contributed by atoms with Gasteiger partial charge in [0, 0.05) is 26.3 Å². The third-order valence-corrected chi connectivity index (χ3v) is 4.15. The van der Waals surface area contributed by atoms with Crippen LogP contribution in [0.2, 0.25) is 0 Å². The molecule has 24 heavy (non-hydrogen) atoms. The molecule has 128 valence electrons. The molecule has 1 atom stereocenters. The number of hydrogen-bond acceptors (Lipinski definition) is 3. The van der Waals surface area contributed by atoms with Crippen LogP contribution in [0.1, 0.15) is 23.6 Å². The lowest BCUT2D eigenvalue weighted by atomic mass is 10.1. The second-order valence-electron chi connectivity index (χ2n) is 6.24. The third kappa shape index (κ3) is 4.51. The first-order chi connectivity index (χ1) is 11.4. The van der Waals surface area contributed by atoms with Gasteiger partial charge in [0.05, 0.1) is 0 Å². The number of hydrogen-bond donors (Lipinski definition) is 1. The number of carbonyl (C=O) groups is 1. The van der Waals surface area contributed by atoms with Gasteiger partial charge in [-0.15, -0.1) is 0 Å². The fraction of sp³-hybridized carbons (Fsp3) is 0.350. The zero-order valence-corrected chi connectivity index (χ0v) is 15.1. The van der Waals surface area contributed by atoms with Crippen LogP contribution in [-0.4, -0.2) is 26.1 Å². The highest BCUT2D eigenvalue weighted by molar-refractivity contribution is 5.80. The van der Waals surface area contributed by atoms with Crippen molar-refractivity contribution in [1.29, 1.82) is 0 Å². The Labute approximate surface area is 144 Å². The molecule has 0 saturated carbocycles. The van der Waals surface area contributed by atoms with E-state index in [4.69, 9.17) is 4.74 Å². The number of aryl methyl sites for hydroxylation is 1. The molecule has 2 aromatic carbocycles. The molecule has 0 aliphatic rings. The first kappa shape index (κ1) is 17.9. The van der Waals surface area contributed by atoms with E-state index in [2.05, 4.69) is 5.32 Å². The van der Waals surface area contributed by atoms with Crippen molar-refractivity contribution >= 4 is 11.6 Å². The van der Waals surface area contributed by atoms with Gasteiger partial charge in [0.2, 0.25) is 0 Å². The van der Waals surface area contributed by atoms with Crippen LogP contribution in [-0.2, 0) is 11.3 Å². The standard InChI is InChI=1S/C20H26N2O2/c1-14-7-6-8-19(15(14)2)24-16(3)20(23)21-13-17-9-11-18(12-10-17)22(4)5/h6-12,16H,13H2,1-5H3,(H,21,23). The molecule has 0 radical (unpaired) electrons. The molecule has 4 nitrogen and oxygen atoms in total. The van der Waals surface area contributed by atoms with E-state index in [0.717, 1.165) is 28.1 Å². The fourth-order valence-electron chi connectivity index (χ4n) is 2.34. The monoisotopic (exact) mass is 326 g/mol. The molecule has 1 amide bonds. The van der Waals surface area contributed by atoms with Gasteiger partial charge in [-0.05, 0) is 55.7 Å². The Morgan fingerprint density at radius 1 is 1.12 bits per heavy atom. The number of carbonyl (C=O) groups excluding carboxylic acids is 1. The van der Waals surface area contributed by atoms with Crippen LogP contribution >= 0.6 is 0 Å². The van der Waals surface area contributed by atoms with Crippen molar-refractivity contribution < 1.29 is 9.53 Å². The van der Waals surface area contributed by atoms with E-state index in [-0.39, 0.29) is 5.91 Å². The Bertz CT molecular complexity index is 693. The van der Waals surface area contributed by atoms with Crippen molar-refractivity contribution in [3.63, 3.8) is 0 Å². The van der Waals surface area contributed by atoms with Crippen LogP contribution < -0.4 is 15.0 Å². The average molecular weight is 326 g/mol. The molecular weight excluding hydrogens is 300 g/mol. The Morgan fingerprint density at radius 2 is 1.79 bits per heavy atom. The summed E-state index contributed by atoms with van der Waals surface area (Å²) in [5.41, 5.74) is 4.42. The number of ether oxygens (including phenoxy) is 1. The lowest BCUT2D eigenvalue weighted by Crippen LogP contribution is -2.36. The summed E-state index contributed by atoms with van der Waals surface area (Å²) in [6, 6.07) is 14.0. The van der Waals surface area contributed by atoms with Gasteiger partial charge in [0.15, 0.2) is 6.10 Å². The van der Waals surface area contributed by atoms with Crippen molar-refractivity contribution in [2.75, 3.05) is 19.0 Å². The second-order valence-corrected chi connectivity index (χ2v) is 6.24. The Kier molecular flexibility index (Phi) is 5.85. The summed E-state index contributed by atoms with van der Waals surface area (Å²) < 4.78 is 5.81. The molecule has 0 bridgehead atoms. The summed E-state index contributed by atoms with van der Waals surface area (Å²) in [6.45, 7) is 6.30. The molecule has 0 saturated heterocycles. The van der Waals surface area contributed by atoms with Crippen LogP contribution in [0, 0.1) is 13.8 Å². The van der Waals surface area contributed by atoms with Gasteiger partial charge in [-0.25, -0.2) is 0 Å². The summed E-state index contributed by atoms with van der Waals surface area (Å²) in [5.74, 6) is 0.639. The third-order valence-electron chi connectivity index (χ3n) is 4.15. The molecule has 0 fully saturated rings. The zero-order chi connectivity index (χ0) is 17.7. The van der Waals surface area contributed by atoms with E-state index < -0.39 is 6.10 Å². The molecule has 4 heteroatoms. The van der Waals surface area contributed by atoms with Gasteiger partial charge in [-0.2, -0.15) is 0 Å². The molecule has 1 N–H and O–H groups in total. The SMILES string of the molecule is Cc1cccc(OC(C)C(=O)NCc2ccc(N(C)C)cc2)c1C. The van der Waals surface area contributed by atoms with Crippen LogP contribution in [0.3, 0.4) is 0 Å². The molecule has 0 aliphatic carbocycles. The van der Waals surface area contributed by atoms with Crippen LogP contribution in [0.25, 0.3) is 0 Å². The average Bonchev–Trinajstić information content (AvgIpc) is 2.57. The van der Waals surface area contributed by atoms with Gasteiger partial charge in [0.1, 0.15) is 5.75 Å². The molecule has 1 unspecified atom stereocenters. The topological polar surface area (TPSA) is 41.6 Å². The highest BCUT2D eigenvalue weighted by atomic mass is 16.5. The minimum atomic E-state index is -0.536. The van der Waals surface area contributed by atoms with E-state index in [9.17, 15) is 4.79 Å². The highest BCUT2D eigenvalue weighted by Crippen LogP contribution is 2.21. The maximum atomic E-state index is 12.2. The van der Waals surface area contributed by atoms with Gasteiger partial charge in [-0.1, -0.05) is 24.3 Å². The molecule has 0 aromatic heterocycles. The van der Waals surface area contributed by atoms with Crippen molar-refractivity contribution in [3.05, 3.63) is 59.2 Å². The fourth-order valence-corrected chi connectivity index (χ4v) is 2.34. The zero-order valence-electron chi connectivity index (χ0n) is 15.1. The molecule has 2 aromatic rings. The van der Waals surface area contributed by atoms with Crippen molar-refractivity contribution in [3.8, 4) is 5.75 Å². The van der Waals surface area contributed by atoms with Crippen LogP contribution in [0.15, 0.2) is 42.5 Å². The molecule has 0 spiro atoms. The summed E-state index contributed by atoms with van der Waals surface area (Å²) in [7, 11) is 4.01. The summed E-state index contributed by atoms with van der Waals surface area (Å²) in [4.78, 5) is 14.3. The summed E-state index contributed by atoms with van der Waals surface area (Å²) in [6.07, 6.45) is -0.536. The lowest BCUT2D eigenvalue weighted by Gasteiger charge is -2.17. The predicted octanol–water partition coefficient (Wildman–Crippen LogP) is 3.45.